The van der Waals surface area contributed by atoms with Crippen molar-refractivity contribution in [1.82, 2.24) is 9.80 Å². The maximum Gasteiger partial charge on any atom is 0.222 e. The molecular formula is C30H60N2O2. The minimum absolute atomic E-state index is 0.153. The molecule has 1 fully saturated rings. The largest absolute Gasteiger partial charge is 0.375 e. The Balaban J connectivity index is 2.07. The fraction of sp³-hybridized carbons (Fsp3) is 0.967. The van der Waals surface area contributed by atoms with Gasteiger partial charge in [-0.1, -0.05) is 117 Å². The van der Waals surface area contributed by atoms with Gasteiger partial charge in [0, 0.05) is 32.7 Å². The zero-order valence-electron chi connectivity index (χ0n) is 23.5. The molecule has 0 radical (unpaired) electrons. The van der Waals surface area contributed by atoms with E-state index in [1.54, 1.807) is 0 Å². The second-order valence-corrected chi connectivity index (χ2v) is 10.9. The number of likely N-dealkylation sites (N-methyl/N-ethyl adjacent to an activating group) is 1. The Morgan fingerprint density at radius 1 is 0.765 bits per heavy atom. The Hall–Kier alpha value is -0.610. The number of carbonyl (C=O) groups excluding carboxylic acids is 1. The molecular weight excluding hydrogens is 420 g/mol. The third-order valence-corrected chi connectivity index (χ3v) is 7.36. The van der Waals surface area contributed by atoms with Crippen LogP contribution in [0.25, 0.3) is 0 Å². The molecule has 34 heavy (non-hydrogen) atoms. The van der Waals surface area contributed by atoms with Crippen molar-refractivity contribution in [2.24, 2.45) is 0 Å². The smallest absolute Gasteiger partial charge is 0.222 e. The third-order valence-electron chi connectivity index (χ3n) is 7.36. The Kier molecular flexibility index (Phi) is 21.1. The third kappa shape index (κ3) is 17.8. The second kappa shape index (κ2) is 22.8. The average Bonchev–Trinajstić information content (AvgIpc) is 3.23. The molecule has 1 atom stereocenters. The topological polar surface area (TPSA) is 32.8 Å². The summed E-state index contributed by atoms with van der Waals surface area (Å²) in [5.74, 6) is 0.315. The standard InChI is InChI=1S/C30H60N2O2/c1-4-6-8-10-11-12-13-14-15-16-17-18-19-21-26-34-29(28-32-25-22-23-30(32)33)27-31(3)24-20-9-7-5-2/h29H,4-28H2,1-3H3. The molecule has 0 aromatic heterocycles. The van der Waals surface area contributed by atoms with Crippen molar-refractivity contribution in [3.05, 3.63) is 0 Å². The van der Waals surface area contributed by atoms with Crippen molar-refractivity contribution in [2.75, 3.05) is 39.8 Å². The number of amides is 1. The van der Waals surface area contributed by atoms with Crippen LogP contribution in [0.5, 0.6) is 0 Å². The van der Waals surface area contributed by atoms with Gasteiger partial charge in [-0.05, 0) is 32.9 Å². The van der Waals surface area contributed by atoms with Gasteiger partial charge in [-0.2, -0.15) is 0 Å². The summed E-state index contributed by atoms with van der Waals surface area (Å²) in [6, 6.07) is 0. The van der Waals surface area contributed by atoms with E-state index in [9.17, 15) is 4.79 Å². The van der Waals surface area contributed by atoms with Crippen LogP contribution in [0, 0.1) is 0 Å². The highest BCUT2D eigenvalue weighted by atomic mass is 16.5. The van der Waals surface area contributed by atoms with Gasteiger partial charge in [0.15, 0.2) is 0 Å². The molecule has 0 N–H and O–H groups in total. The van der Waals surface area contributed by atoms with Gasteiger partial charge in [0.05, 0.1) is 6.10 Å². The van der Waals surface area contributed by atoms with Gasteiger partial charge in [0.2, 0.25) is 5.91 Å². The highest BCUT2D eigenvalue weighted by Crippen LogP contribution is 2.15. The summed E-state index contributed by atoms with van der Waals surface area (Å²) in [6.07, 6.45) is 26.5. The van der Waals surface area contributed by atoms with Gasteiger partial charge < -0.3 is 14.5 Å². The fourth-order valence-electron chi connectivity index (χ4n) is 5.10. The summed E-state index contributed by atoms with van der Waals surface area (Å²) in [5, 5.41) is 0. The lowest BCUT2D eigenvalue weighted by Crippen LogP contribution is -2.41. The van der Waals surface area contributed by atoms with Crippen LogP contribution in [0.2, 0.25) is 0 Å². The molecule has 0 spiro atoms. The van der Waals surface area contributed by atoms with Crippen molar-refractivity contribution in [1.29, 1.82) is 0 Å². The van der Waals surface area contributed by atoms with Gasteiger partial charge in [-0.3, -0.25) is 4.79 Å². The Morgan fingerprint density at radius 3 is 1.76 bits per heavy atom. The average molecular weight is 481 g/mol. The minimum atomic E-state index is 0.153. The molecule has 1 saturated heterocycles. The zero-order chi connectivity index (χ0) is 24.7. The highest BCUT2D eigenvalue weighted by molar-refractivity contribution is 5.78. The van der Waals surface area contributed by atoms with Crippen LogP contribution in [0.3, 0.4) is 0 Å². The molecule has 1 rings (SSSR count). The first kappa shape index (κ1) is 31.4. The number of likely N-dealkylation sites (tertiary alicyclic amines) is 1. The maximum absolute atomic E-state index is 12.1. The van der Waals surface area contributed by atoms with Crippen LogP contribution < -0.4 is 0 Å². The summed E-state index contributed by atoms with van der Waals surface area (Å²) in [4.78, 5) is 16.5. The van der Waals surface area contributed by atoms with Crippen LogP contribution in [0.4, 0.5) is 0 Å². The molecule has 1 heterocycles. The number of hydrogen-bond donors (Lipinski definition) is 0. The lowest BCUT2D eigenvalue weighted by molar-refractivity contribution is -0.129. The Bertz CT molecular complexity index is 457. The normalized spacial score (nSPS) is 15.1. The van der Waals surface area contributed by atoms with Crippen molar-refractivity contribution >= 4 is 5.91 Å². The molecule has 4 nitrogen and oxygen atoms in total. The van der Waals surface area contributed by atoms with Crippen molar-refractivity contribution in [2.45, 2.75) is 148 Å². The highest BCUT2D eigenvalue weighted by Gasteiger charge is 2.24. The molecule has 0 aromatic rings. The van der Waals surface area contributed by atoms with Gasteiger partial charge in [-0.25, -0.2) is 0 Å². The number of unbranched alkanes of at least 4 members (excludes halogenated alkanes) is 16. The van der Waals surface area contributed by atoms with Gasteiger partial charge in [0.1, 0.15) is 0 Å². The zero-order valence-corrected chi connectivity index (χ0v) is 23.5. The van der Waals surface area contributed by atoms with Crippen LogP contribution in [-0.4, -0.2) is 61.6 Å². The molecule has 1 unspecified atom stereocenters. The molecule has 0 aromatic carbocycles. The number of carbonyl (C=O) groups is 1. The van der Waals surface area contributed by atoms with Gasteiger partial charge in [0.25, 0.3) is 0 Å². The van der Waals surface area contributed by atoms with E-state index in [0.717, 1.165) is 52.0 Å². The lowest BCUT2D eigenvalue weighted by atomic mass is 10.0. The number of rotatable bonds is 25. The van der Waals surface area contributed by atoms with Crippen LogP contribution in [0.1, 0.15) is 142 Å². The minimum Gasteiger partial charge on any atom is -0.375 e. The molecule has 0 aliphatic carbocycles. The van der Waals surface area contributed by atoms with E-state index >= 15 is 0 Å². The van der Waals surface area contributed by atoms with E-state index in [1.807, 2.05) is 4.90 Å². The monoisotopic (exact) mass is 480 g/mol. The summed E-state index contributed by atoms with van der Waals surface area (Å²) in [6.45, 7) is 9.15. The van der Waals surface area contributed by atoms with Crippen LogP contribution >= 0.6 is 0 Å². The van der Waals surface area contributed by atoms with Crippen molar-refractivity contribution in [3.8, 4) is 0 Å². The summed E-state index contributed by atoms with van der Waals surface area (Å²) >= 11 is 0. The van der Waals surface area contributed by atoms with E-state index in [1.165, 1.54) is 109 Å². The van der Waals surface area contributed by atoms with E-state index < -0.39 is 0 Å². The van der Waals surface area contributed by atoms with Crippen molar-refractivity contribution < 1.29 is 9.53 Å². The maximum atomic E-state index is 12.1. The summed E-state index contributed by atoms with van der Waals surface area (Å²) in [5.41, 5.74) is 0. The van der Waals surface area contributed by atoms with Gasteiger partial charge in [-0.15, -0.1) is 0 Å². The number of hydrogen-bond acceptors (Lipinski definition) is 3. The second-order valence-electron chi connectivity index (χ2n) is 10.9. The van der Waals surface area contributed by atoms with Crippen LogP contribution in [-0.2, 0) is 9.53 Å². The summed E-state index contributed by atoms with van der Waals surface area (Å²) in [7, 11) is 2.21. The molecule has 1 aliphatic rings. The molecule has 202 valence electrons. The molecule has 1 aliphatic heterocycles. The SMILES string of the molecule is CCCCCCCCCCCCCCCCOC(CN(C)CCCCCC)CN1CCCC1=O. The lowest BCUT2D eigenvalue weighted by Gasteiger charge is -2.28. The number of ether oxygens (including phenoxy) is 1. The fourth-order valence-corrected chi connectivity index (χ4v) is 5.10. The Labute approximate surface area is 213 Å². The van der Waals surface area contributed by atoms with Gasteiger partial charge >= 0.3 is 0 Å². The van der Waals surface area contributed by atoms with E-state index in [4.69, 9.17) is 4.74 Å². The molecule has 0 saturated carbocycles. The first-order chi connectivity index (χ1) is 16.7. The Morgan fingerprint density at radius 2 is 1.26 bits per heavy atom. The number of nitrogens with zero attached hydrogens (tertiary/aromatic N) is 2. The van der Waals surface area contributed by atoms with E-state index in [2.05, 4.69) is 25.8 Å². The first-order valence-corrected chi connectivity index (χ1v) is 15.2. The first-order valence-electron chi connectivity index (χ1n) is 15.2. The van der Waals surface area contributed by atoms with Crippen molar-refractivity contribution in [3.63, 3.8) is 0 Å². The van der Waals surface area contributed by atoms with E-state index in [0.29, 0.717) is 5.91 Å². The predicted molar refractivity (Wildman–Crippen MR) is 148 cm³/mol. The molecule has 0 bridgehead atoms. The molecule has 4 heteroatoms. The summed E-state index contributed by atoms with van der Waals surface area (Å²) < 4.78 is 6.32. The quantitative estimate of drug-likeness (QED) is 0.124. The van der Waals surface area contributed by atoms with E-state index in [-0.39, 0.29) is 6.10 Å². The predicted octanol–water partition coefficient (Wildman–Crippen LogP) is 7.99. The van der Waals surface area contributed by atoms with Crippen LogP contribution in [0.15, 0.2) is 0 Å². The molecule has 1 amide bonds.